The van der Waals surface area contributed by atoms with Gasteiger partial charge >= 0.3 is 0 Å². The van der Waals surface area contributed by atoms with Crippen LogP contribution in [0.4, 0.5) is 0 Å². The highest BCUT2D eigenvalue weighted by Crippen LogP contribution is 2.59. The largest absolute Gasteiger partial charge is 0.450 e. The third-order valence-corrected chi connectivity index (χ3v) is 9.45. The van der Waals surface area contributed by atoms with E-state index in [1.165, 1.54) is 27.8 Å². The first-order valence-electron chi connectivity index (χ1n) is 15.7. The van der Waals surface area contributed by atoms with Crippen LogP contribution < -0.4 is 9.47 Å². The number of nitrogens with zero attached hydrogens (tertiary/aromatic N) is 1. The van der Waals surface area contributed by atoms with Crippen molar-refractivity contribution < 1.29 is 9.47 Å². The fourth-order valence-electron chi connectivity index (χ4n) is 7.31. The smallest absolute Gasteiger partial charge is 0.170 e. The first kappa shape index (κ1) is 27.0. The molecule has 0 spiro atoms. The Morgan fingerprint density at radius 2 is 0.979 bits per heavy atom. The van der Waals surface area contributed by atoms with E-state index >= 15 is 0 Å². The molecule has 3 heteroatoms. The zero-order valence-corrected chi connectivity index (χ0v) is 25.4. The van der Waals surface area contributed by atoms with E-state index < -0.39 is 5.41 Å². The van der Waals surface area contributed by atoms with E-state index in [4.69, 9.17) is 9.47 Å². The number of hydrogen-bond acceptors (Lipinski definition) is 3. The zero-order valence-electron chi connectivity index (χ0n) is 25.4. The quantitative estimate of drug-likeness (QED) is 0.202. The van der Waals surface area contributed by atoms with Crippen LogP contribution in [-0.4, -0.2) is 0 Å². The number of nitriles is 1. The van der Waals surface area contributed by atoms with Crippen LogP contribution >= 0.6 is 0 Å². The van der Waals surface area contributed by atoms with Gasteiger partial charge in [0.25, 0.3) is 0 Å². The summed E-state index contributed by atoms with van der Waals surface area (Å²) in [5.41, 5.74) is 11.6. The van der Waals surface area contributed by atoms with Crippen LogP contribution in [0.1, 0.15) is 27.8 Å². The molecule has 0 unspecified atom stereocenters. The average Bonchev–Trinajstić information content (AvgIpc) is 3.43. The summed E-state index contributed by atoms with van der Waals surface area (Å²) in [4.78, 5) is 0. The van der Waals surface area contributed by atoms with Crippen molar-refractivity contribution in [3.63, 3.8) is 0 Å². The highest BCUT2D eigenvalue weighted by Gasteiger charge is 2.47. The van der Waals surface area contributed by atoms with Gasteiger partial charge in [0.15, 0.2) is 23.0 Å². The standard InChI is InChI=1S/C44H27NO2/c45-28-29-18-20-30(21-19-29)31-10-9-11-32(24-31)33-22-23-40-41(25-33)47-42-26-37-36-16-7-8-17-38(36)44(34-12-3-1-4-13-34,35-14-5-2-6-15-35)39(37)27-43(42)46-40/h1-27H. The van der Waals surface area contributed by atoms with Gasteiger partial charge in [-0.05, 0) is 98.1 Å². The lowest BCUT2D eigenvalue weighted by Gasteiger charge is -2.34. The van der Waals surface area contributed by atoms with E-state index in [9.17, 15) is 5.26 Å². The van der Waals surface area contributed by atoms with Crippen molar-refractivity contribution in [2.45, 2.75) is 5.41 Å². The lowest BCUT2D eigenvalue weighted by atomic mass is 9.67. The lowest BCUT2D eigenvalue weighted by molar-refractivity contribution is 0.359. The van der Waals surface area contributed by atoms with Crippen molar-refractivity contribution in [3.05, 3.63) is 192 Å². The van der Waals surface area contributed by atoms with Crippen LogP contribution in [0.25, 0.3) is 33.4 Å². The summed E-state index contributed by atoms with van der Waals surface area (Å²) in [6.07, 6.45) is 0. The third-order valence-electron chi connectivity index (χ3n) is 9.45. The number of benzene rings is 7. The Morgan fingerprint density at radius 1 is 0.404 bits per heavy atom. The lowest BCUT2D eigenvalue weighted by Crippen LogP contribution is -2.28. The average molecular weight is 602 g/mol. The molecule has 47 heavy (non-hydrogen) atoms. The summed E-state index contributed by atoms with van der Waals surface area (Å²) in [7, 11) is 0. The molecule has 0 aromatic heterocycles. The molecule has 7 aromatic rings. The molecule has 1 heterocycles. The van der Waals surface area contributed by atoms with E-state index in [-0.39, 0.29) is 0 Å². The summed E-state index contributed by atoms with van der Waals surface area (Å²) in [5.74, 6) is 2.77. The van der Waals surface area contributed by atoms with Crippen molar-refractivity contribution in [2.24, 2.45) is 0 Å². The normalized spacial score (nSPS) is 13.2. The van der Waals surface area contributed by atoms with Gasteiger partial charge in [-0.15, -0.1) is 0 Å². The van der Waals surface area contributed by atoms with Gasteiger partial charge in [-0.1, -0.05) is 121 Å². The molecule has 220 valence electrons. The molecule has 1 aliphatic carbocycles. The second-order valence-corrected chi connectivity index (χ2v) is 12.0. The molecule has 3 nitrogen and oxygen atoms in total. The van der Waals surface area contributed by atoms with Crippen LogP contribution in [0, 0.1) is 11.3 Å². The molecule has 0 bridgehead atoms. The minimum Gasteiger partial charge on any atom is -0.450 e. The highest BCUT2D eigenvalue weighted by molar-refractivity contribution is 5.88. The molecule has 0 fully saturated rings. The first-order valence-corrected chi connectivity index (χ1v) is 15.7. The fourth-order valence-corrected chi connectivity index (χ4v) is 7.31. The molecule has 9 rings (SSSR count). The molecule has 0 saturated carbocycles. The molecule has 2 aliphatic rings. The molecule has 7 aromatic carbocycles. The maximum Gasteiger partial charge on any atom is 0.170 e. The highest BCUT2D eigenvalue weighted by atomic mass is 16.6. The summed E-state index contributed by atoms with van der Waals surface area (Å²) in [6, 6.07) is 58.9. The number of hydrogen-bond donors (Lipinski definition) is 0. The van der Waals surface area contributed by atoms with Crippen LogP contribution in [0.5, 0.6) is 23.0 Å². The van der Waals surface area contributed by atoms with Gasteiger partial charge in [0, 0.05) is 0 Å². The van der Waals surface area contributed by atoms with Gasteiger partial charge in [-0.3, -0.25) is 0 Å². The van der Waals surface area contributed by atoms with E-state index in [1.807, 2.05) is 30.3 Å². The van der Waals surface area contributed by atoms with Crippen LogP contribution in [0.15, 0.2) is 164 Å². The minimum absolute atomic E-state index is 0.503. The van der Waals surface area contributed by atoms with E-state index in [0.717, 1.165) is 27.8 Å². The van der Waals surface area contributed by atoms with Gasteiger partial charge in [-0.2, -0.15) is 5.26 Å². The van der Waals surface area contributed by atoms with Crippen molar-refractivity contribution >= 4 is 0 Å². The van der Waals surface area contributed by atoms with Crippen molar-refractivity contribution in [1.29, 1.82) is 5.26 Å². The van der Waals surface area contributed by atoms with E-state index in [0.29, 0.717) is 28.6 Å². The maximum absolute atomic E-state index is 9.18. The Balaban J connectivity index is 1.14. The fraction of sp³-hybridized carbons (Fsp3) is 0.0227. The predicted molar refractivity (Wildman–Crippen MR) is 186 cm³/mol. The van der Waals surface area contributed by atoms with E-state index in [2.05, 4.69) is 140 Å². The Kier molecular flexibility index (Phi) is 6.10. The molecule has 0 saturated heterocycles. The second kappa shape index (κ2) is 10.6. The molecule has 0 atom stereocenters. The van der Waals surface area contributed by atoms with E-state index in [1.54, 1.807) is 0 Å². The maximum atomic E-state index is 9.18. The molecule has 0 amide bonds. The summed E-state index contributed by atoms with van der Waals surface area (Å²) in [6.45, 7) is 0. The summed E-state index contributed by atoms with van der Waals surface area (Å²) >= 11 is 0. The molecular weight excluding hydrogens is 574 g/mol. The number of ether oxygens (including phenoxy) is 2. The monoisotopic (exact) mass is 601 g/mol. The van der Waals surface area contributed by atoms with Gasteiger partial charge < -0.3 is 9.47 Å². The number of rotatable bonds is 4. The molecule has 1 aliphatic heterocycles. The summed E-state index contributed by atoms with van der Waals surface area (Å²) in [5, 5.41) is 9.18. The van der Waals surface area contributed by atoms with Gasteiger partial charge in [-0.25, -0.2) is 0 Å². The predicted octanol–water partition coefficient (Wildman–Crippen LogP) is 11.2. The van der Waals surface area contributed by atoms with Crippen molar-refractivity contribution in [3.8, 4) is 62.4 Å². The molecular formula is C44H27NO2. The van der Waals surface area contributed by atoms with Gasteiger partial charge in [0.1, 0.15) is 0 Å². The third kappa shape index (κ3) is 4.20. The van der Waals surface area contributed by atoms with Gasteiger partial charge in [0.05, 0.1) is 17.0 Å². The molecule has 0 radical (unpaired) electrons. The Labute approximate surface area is 273 Å². The SMILES string of the molecule is N#Cc1ccc(-c2cccc(-c3ccc4c(c3)Oc3cc5c(cc3O4)C(c3ccccc3)(c3ccccc3)c3ccccc3-5)c2)cc1. The number of fused-ring (bicyclic) bond motifs is 5. The Hall–Kier alpha value is -6.37. The first-order chi connectivity index (χ1) is 23.2. The van der Waals surface area contributed by atoms with Gasteiger partial charge in [0.2, 0.25) is 0 Å². The van der Waals surface area contributed by atoms with Crippen molar-refractivity contribution in [2.75, 3.05) is 0 Å². The Bertz CT molecular complexity index is 2310. The molecule has 0 N–H and O–H groups in total. The van der Waals surface area contributed by atoms with Crippen molar-refractivity contribution in [1.82, 2.24) is 0 Å². The Morgan fingerprint density at radius 3 is 1.70 bits per heavy atom. The summed E-state index contributed by atoms with van der Waals surface area (Å²) < 4.78 is 13.3. The van der Waals surface area contributed by atoms with Crippen LogP contribution in [-0.2, 0) is 5.41 Å². The topological polar surface area (TPSA) is 42.2 Å². The minimum atomic E-state index is -0.503. The van der Waals surface area contributed by atoms with Crippen LogP contribution in [0.3, 0.4) is 0 Å². The second-order valence-electron chi connectivity index (χ2n) is 12.0. The van der Waals surface area contributed by atoms with Crippen LogP contribution in [0.2, 0.25) is 0 Å². The zero-order chi connectivity index (χ0) is 31.4.